The van der Waals surface area contributed by atoms with E-state index >= 15 is 0 Å². The molecular formula is C14H22N2O3S. The Morgan fingerprint density at radius 1 is 1.30 bits per heavy atom. The van der Waals surface area contributed by atoms with Crippen molar-refractivity contribution in [3.05, 3.63) is 23.9 Å². The van der Waals surface area contributed by atoms with Gasteiger partial charge in [-0.1, -0.05) is 19.9 Å². The van der Waals surface area contributed by atoms with Gasteiger partial charge in [0.05, 0.1) is 11.4 Å². The largest absolute Gasteiger partial charge is 0.388 e. The molecule has 0 amide bonds. The maximum Gasteiger partial charge on any atom is 0.151 e. The van der Waals surface area contributed by atoms with Gasteiger partial charge in [0, 0.05) is 31.0 Å². The molecule has 1 aromatic heterocycles. The molecule has 1 atom stereocenters. The van der Waals surface area contributed by atoms with E-state index in [4.69, 9.17) is 0 Å². The Labute approximate surface area is 120 Å². The number of aromatic nitrogens is 1. The summed E-state index contributed by atoms with van der Waals surface area (Å²) < 4.78 is 22.5. The molecule has 0 aromatic carbocycles. The van der Waals surface area contributed by atoms with E-state index in [2.05, 4.69) is 4.98 Å². The summed E-state index contributed by atoms with van der Waals surface area (Å²) in [6.07, 6.45) is 2.80. The molecule has 0 spiro atoms. The van der Waals surface area contributed by atoms with Crippen molar-refractivity contribution < 1.29 is 13.5 Å². The minimum Gasteiger partial charge on any atom is -0.388 e. The van der Waals surface area contributed by atoms with Crippen LogP contribution < -0.4 is 4.90 Å². The number of nitrogens with zero attached hydrogens (tertiary/aromatic N) is 2. The van der Waals surface area contributed by atoms with Crippen molar-refractivity contribution in [3.8, 4) is 0 Å². The summed E-state index contributed by atoms with van der Waals surface area (Å²) in [5.41, 5.74) is -0.290. The fourth-order valence-corrected chi connectivity index (χ4v) is 3.22. The maximum atomic E-state index is 11.2. The number of sulfone groups is 1. The lowest BCUT2D eigenvalue weighted by molar-refractivity contribution is -0.00891. The zero-order valence-electron chi connectivity index (χ0n) is 12.4. The van der Waals surface area contributed by atoms with E-state index in [0.717, 1.165) is 12.4 Å². The summed E-state index contributed by atoms with van der Waals surface area (Å²) in [5.74, 6) is 0.775. The van der Waals surface area contributed by atoms with Crippen molar-refractivity contribution in [3.63, 3.8) is 0 Å². The highest BCUT2D eigenvalue weighted by Crippen LogP contribution is 2.39. The molecule has 0 saturated carbocycles. The Morgan fingerprint density at radius 2 is 1.95 bits per heavy atom. The summed E-state index contributed by atoms with van der Waals surface area (Å²) in [4.78, 5) is 6.36. The van der Waals surface area contributed by atoms with E-state index in [1.165, 1.54) is 6.26 Å². The first kappa shape index (κ1) is 15.3. The number of β-amino-alcohol motifs (C(OH)–C–C–N with tert-alkyl or cyclic N) is 1. The van der Waals surface area contributed by atoms with Crippen molar-refractivity contribution in [2.45, 2.75) is 32.1 Å². The number of hydrogen-bond acceptors (Lipinski definition) is 5. The topological polar surface area (TPSA) is 70.5 Å². The quantitative estimate of drug-likeness (QED) is 0.908. The molecule has 1 aliphatic heterocycles. The van der Waals surface area contributed by atoms with Gasteiger partial charge in [0.15, 0.2) is 9.84 Å². The molecule has 1 fully saturated rings. The van der Waals surface area contributed by atoms with Gasteiger partial charge in [-0.25, -0.2) is 13.4 Å². The molecule has 5 nitrogen and oxygen atoms in total. The molecule has 0 aliphatic carbocycles. The maximum absolute atomic E-state index is 11.2. The van der Waals surface area contributed by atoms with Crippen LogP contribution in [0.4, 0.5) is 5.82 Å². The molecule has 0 bridgehead atoms. The molecule has 1 N–H and O–H groups in total. The molecule has 2 rings (SSSR count). The van der Waals surface area contributed by atoms with E-state index in [0.29, 0.717) is 12.1 Å². The van der Waals surface area contributed by atoms with E-state index < -0.39 is 15.4 Å². The van der Waals surface area contributed by atoms with E-state index in [9.17, 15) is 13.5 Å². The van der Waals surface area contributed by atoms with Crippen LogP contribution in [0.15, 0.2) is 18.3 Å². The van der Waals surface area contributed by atoms with Crippen LogP contribution in [0, 0.1) is 5.41 Å². The molecule has 1 aliphatic rings. The van der Waals surface area contributed by atoms with Crippen LogP contribution in [0.25, 0.3) is 0 Å². The molecule has 112 valence electrons. The second kappa shape index (κ2) is 4.70. The highest BCUT2D eigenvalue weighted by atomic mass is 32.2. The van der Waals surface area contributed by atoms with Gasteiger partial charge in [0.1, 0.15) is 5.82 Å². The third kappa shape index (κ3) is 3.12. The fraction of sp³-hybridized carbons (Fsp3) is 0.643. The third-order valence-corrected chi connectivity index (χ3v) is 4.96. The van der Waals surface area contributed by atoms with E-state index in [1.807, 2.05) is 31.7 Å². The first-order valence-corrected chi connectivity index (χ1v) is 8.66. The normalized spacial score (nSPS) is 25.9. The third-order valence-electron chi connectivity index (χ3n) is 4.10. The predicted octanol–water partition coefficient (Wildman–Crippen LogP) is 1.22. The highest BCUT2D eigenvalue weighted by molar-refractivity contribution is 7.89. The van der Waals surface area contributed by atoms with Gasteiger partial charge in [-0.2, -0.15) is 0 Å². The van der Waals surface area contributed by atoms with Gasteiger partial charge in [0.2, 0.25) is 0 Å². The van der Waals surface area contributed by atoms with E-state index in [1.54, 1.807) is 12.3 Å². The average Bonchev–Trinajstić information content (AvgIpc) is 2.47. The summed E-state index contributed by atoms with van der Waals surface area (Å²) in [7, 11) is -3.04. The van der Waals surface area contributed by atoms with Gasteiger partial charge in [-0.05, 0) is 18.6 Å². The van der Waals surface area contributed by atoms with Crippen LogP contribution in [0.2, 0.25) is 0 Å². The monoisotopic (exact) mass is 298 g/mol. The standard InChI is InChI=1S/C14H22N2O3S/c1-13(2)9-16(10-14(13,3)17)12-6-5-11(7-15-12)8-20(4,18)19/h5-7,17H,8-10H2,1-4H3. The van der Waals surface area contributed by atoms with Gasteiger partial charge in [-0.15, -0.1) is 0 Å². The molecule has 1 unspecified atom stereocenters. The number of hydrogen-bond donors (Lipinski definition) is 1. The average molecular weight is 298 g/mol. The van der Waals surface area contributed by atoms with Crippen molar-refractivity contribution in [2.75, 3.05) is 24.2 Å². The van der Waals surface area contributed by atoms with Gasteiger partial charge >= 0.3 is 0 Å². The summed E-state index contributed by atoms with van der Waals surface area (Å²) in [6, 6.07) is 3.60. The number of aliphatic hydroxyl groups is 1. The zero-order chi connectivity index (χ0) is 15.2. The van der Waals surface area contributed by atoms with Gasteiger partial charge in [0.25, 0.3) is 0 Å². The molecule has 1 saturated heterocycles. The first-order valence-electron chi connectivity index (χ1n) is 6.60. The van der Waals surface area contributed by atoms with Crippen LogP contribution in [0.1, 0.15) is 26.3 Å². The lowest BCUT2D eigenvalue weighted by atomic mass is 9.79. The highest BCUT2D eigenvalue weighted by Gasteiger charge is 2.48. The molecular weight excluding hydrogens is 276 g/mol. The number of anilines is 1. The smallest absolute Gasteiger partial charge is 0.151 e. The first-order chi connectivity index (χ1) is 9.00. The Balaban J connectivity index is 2.16. The molecule has 20 heavy (non-hydrogen) atoms. The minimum absolute atomic E-state index is 0.00346. The minimum atomic E-state index is -3.04. The fourth-order valence-electron chi connectivity index (χ4n) is 2.44. The Kier molecular flexibility index (Phi) is 3.59. The van der Waals surface area contributed by atoms with Crippen molar-refractivity contribution in [2.24, 2.45) is 5.41 Å². The predicted molar refractivity (Wildman–Crippen MR) is 79.4 cm³/mol. The zero-order valence-corrected chi connectivity index (χ0v) is 13.2. The van der Waals surface area contributed by atoms with Crippen LogP contribution in [0.3, 0.4) is 0 Å². The Hall–Kier alpha value is -1.14. The summed E-state index contributed by atoms with van der Waals surface area (Å²) in [6.45, 7) is 7.15. The van der Waals surface area contributed by atoms with Crippen LogP contribution in [-0.4, -0.2) is 43.5 Å². The van der Waals surface area contributed by atoms with Crippen LogP contribution in [0.5, 0.6) is 0 Å². The second-order valence-corrected chi connectivity index (χ2v) is 8.75. The van der Waals surface area contributed by atoms with Crippen molar-refractivity contribution in [1.29, 1.82) is 0 Å². The van der Waals surface area contributed by atoms with Crippen LogP contribution in [-0.2, 0) is 15.6 Å². The molecule has 1 aromatic rings. The van der Waals surface area contributed by atoms with Crippen molar-refractivity contribution >= 4 is 15.7 Å². The number of pyridine rings is 1. The van der Waals surface area contributed by atoms with Crippen molar-refractivity contribution in [1.82, 2.24) is 4.98 Å². The van der Waals surface area contributed by atoms with Gasteiger partial charge in [-0.3, -0.25) is 0 Å². The summed E-state index contributed by atoms with van der Waals surface area (Å²) in [5, 5.41) is 10.4. The summed E-state index contributed by atoms with van der Waals surface area (Å²) >= 11 is 0. The van der Waals surface area contributed by atoms with E-state index in [-0.39, 0.29) is 11.2 Å². The SMILES string of the molecule is CC1(C)CN(c2ccc(CS(C)(=O)=O)cn2)CC1(C)O. The molecule has 2 heterocycles. The second-order valence-electron chi connectivity index (χ2n) is 6.61. The molecule has 6 heteroatoms. The molecule has 0 radical (unpaired) electrons. The lowest BCUT2D eigenvalue weighted by Gasteiger charge is -2.30. The van der Waals surface area contributed by atoms with Gasteiger partial charge < -0.3 is 10.0 Å². The Morgan fingerprint density at radius 3 is 2.35 bits per heavy atom. The Bertz CT molecular complexity index is 575. The number of rotatable bonds is 3. The lowest BCUT2D eigenvalue weighted by Crippen LogP contribution is -2.40. The van der Waals surface area contributed by atoms with Crippen LogP contribution >= 0.6 is 0 Å².